The van der Waals surface area contributed by atoms with Gasteiger partial charge in [-0.25, -0.2) is 4.57 Å². The van der Waals surface area contributed by atoms with E-state index in [1.165, 1.54) is 38.5 Å². The lowest BCUT2D eigenvalue weighted by atomic mass is 10.1. The minimum Gasteiger partial charge on any atom is -0.462 e. The topological polar surface area (TPSA) is 108 Å². The first-order valence-electron chi connectivity index (χ1n) is 19.8. The molecule has 0 saturated heterocycles. The molecule has 0 fully saturated rings. The van der Waals surface area contributed by atoms with Crippen molar-refractivity contribution in [1.29, 1.82) is 0 Å². The van der Waals surface area contributed by atoms with E-state index < -0.39 is 32.5 Å². The number of carbonyl (C=O) groups excluding carboxylic acids is 2. The summed E-state index contributed by atoms with van der Waals surface area (Å²) in [6, 6.07) is 0. The van der Waals surface area contributed by atoms with Crippen molar-refractivity contribution < 1.29 is 37.6 Å². The highest BCUT2D eigenvalue weighted by Crippen LogP contribution is 2.42. The van der Waals surface area contributed by atoms with Crippen LogP contribution in [0.25, 0.3) is 0 Å². The fraction of sp³-hybridized carbons (Fsp3) is 0.628. The maximum atomic E-state index is 12.4. The molecule has 1 N–H and O–H groups in total. The van der Waals surface area contributed by atoms with Crippen molar-refractivity contribution in [2.24, 2.45) is 0 Å². The van der Waals surface area contributed by atoms with Crippen LogP contribution in [-0.2, 0) is 32.7 Å². The lowest BCUT2D eigenvalue weighted by molar-refractivity contribution is -0.161. The highest BCUT2D eigenvalue weighted by Gasteiger charge is 2.24. The first-order valence-corrected chi connectivity index (χ1v) is 21.3. The molecule has 52 heavy (non-hydrogen) atoms. The molecule has 0 aliphatic carbocycles. The van der Waals surface area contributed by atoms with Crippen molar-refractivity contribution in [3.8, 4) is 0 Å². The average molecular weight is 747 g/mol. The zero-order valence-corrected chi connectivity index (χ0v) is 33.6. The SMILES string of the molecule is CC/C=C\C/C=C\C/C=C\C/C=C\C/C=C\C/C=C\CCC(=O)OC(COC(=O)CCCCCCC/C=C\CCCCCCC)COP(=O)(O)OC. The maximum absolute atomic E-state index is 12.4. The second-order valence-electron chi connectivity index (χ2n) is 12.7. The molecule has 0 amide bonds. The molecule has 2 unspecified atom stereocenters. The first-order chi connectivity index (χ1) is 25.3. The lowest BCUT2D eigenvalue weighted by Gasteiger charge is -2.19. The van der Waals surface area contributed by atoms with Crippen LogP contribution in [0.4, 0.5) is 0 Å². The zero-order chi connectivity index (χ0) is 38.2. The van der Waals surface area contributed by atoms with Crippen molar-refractivity contribution in [3.05, 3.63) is 85.1 Å². The van der Waals surface area contributed by atoms with Crippen LogP contribution in [0.3, 0.4) is 0 Å². The van der Waals surface area contributed by atoms with Gasteiger partial charge in [0.15, 0.2) is 6.10 Å². The Hall–Kier alpha value is -2.77. The molecule has 0 rings (SSSR count). The summed E-state index contributed by atoms with van der Waals surface area (Å²) >= 11 is 0. The third kappa shape index (κ3) is 37.0. The molecule has 0 saturated carbocycles. The first kappa shape index (κ1) is 49.2. The van der Waals surface area contributed by atoms with Gasteiger partial charge in [-0.3, -0.25) is 18.6 Å². The Morgan fingerprint density at radius 3 is 1.54 bits per heavy atom. The van der Waals surface area contributed by atoms with Gasteiger partial charge in [-0.2, -0.15) is 0 Å². The molecule has 296 valence electrons. The summed E-state index contributed by atoms with van der Waals surface area (Å²) < 4.78 is 31.8. The summed E-state index contributed by atoms with van der Waals surface area (Å²) in [6.07, 6.45) is 49.3. The maximum Gasteiger partial charge on any atom is 0.472 e. The van der Waals surface area contributed by atoms with E-state index in [0.29, 0.717) is 6.42 Å². The van der Waals surface area contributed by atoms with Crippen molar-refractivity contribution in [1.82, 2.24) is 0 Å². The second-order valence-corrected chi connectivity index (χ2v) is 14.2. The Balaban J connectivity index is 4.22. The molecule has 0 radical (unpaired) electrons. The number of rotatable bonds is 35. The summed E-state index contributed by atoms with van der Waals surface area (Å²) in [7, 11) is -3.24. The van der Waals surface area contributed by atoms with Gasteiger partial charge in [0.05, 0.1) is 6.61 Å². The molecule has 8 nitrogen and oxygen atoms in total. The fourth-order valence-corrected chi connectivity index (χ4v) is 5.31. The fourth-order valence-electron chi connectivity index (χ4n) is 4.85. The van der Waals surface area contributed by atoms with Crippen molar-refractivity contribution in [3.63, 3.8) is 0 Å². The van der Waals surface area contributed by atoms with E-state index in [-0.39, 0.29) is 19.4 Å². The quantitative estimate of drug-likeness (QED) is 0.0295. The highest BCUT2D eigenvalue weighted by atomic mass is 31.2. The van der Waals surface area contributed by atoms with Gasteiger partial charge in [0.1, 0.15) is 6.61 Å². The monoisotopic (exact) mass is 746 g/mol. The molecular weight excluding hydrogens is 675 g/mol. The van der Waals surface area contributed by atoms with Gasteiger partial charge >= 0.3 is 19.8 Å². The highest BCUT2D eigenvalue weighted by molar-refractivity contribution is 7.47. The molecule has 2 atom stereocenters. The third-order valence-corrected chi connectivity index (χ3v) is 8.82. The Bertz CT molecular complexity index is 1120. The van der Waals surface area contributed by atoms with Gasteiger partial charge in [0.25, 0.3) is 0 Å². The van der Waals surface area contributed by atoms with E-state index in [4.69, 9.17) is 14.0 Å². The zero-order valence-electron chi connectivity index (χ0n) is 32.7. The van der Waals surface area contributed by atoms with Crippen LogP contribution in [0.1, 0.15) is 149 Å². The van der Waals surface area contributed by atoms with Gasteiger partial charge in [-0.05, 0) is 77.0 Å². The molecule has 0 aromatic heterocycles. The molecule has 0 heterocycles. The van der Waals surface area contributed by atoms with E-state index in [1.54, 1.807) is 0 Å². The number of phosphoric ester groups is 1. The summed E-state index contributed by atoms with van der Waals surface area (Å²) in [6.45, 7) is 3.67. The van der Waals surface area contributed by atoms with Gasteiger partial charge < -0.3 is 14.4 Å². The summed E-state index contributed by atoms with van der Waals surface area (Å²) in [5.74, 6) is -0.920. The standard InChI is InChI=1S/C43H71O8P/c1-4-6-8-10-12-14-16-18-20-21-22-23-24-26-28-30-32-34-36-38-43(45)51-41(40-50-52(46,47)48-3)39-49-42(44)37-35-33-31-29-27-25-19-17-15-13-11-9-7-5-2/h6,8,12,14,17-20,22-23,26,28,32,34,41H,4-5,7,9-11,13,15-16,21,24-25,27,29-31,33,35-40H2,1-3H3,(H,46,47)/b8-6-,14-12-,19-17-,20-18-,23-22-,28-26-,34-32-. The van der Waals surface area contributed by atoms with Crippen LogP contribution in [-0.4, -0.2) is 43.3 Å². The normalized spacial score (nSPS) is 14.3. The number of allylic oxidation sites excluding steroid dienone is 14. The second kappa shape index (κ2) is 38.0. The minimum atomic E-state index is -4.29. The number of hydrogen-bond donors (Lipinski definition) is 1. The van der Waals surface area contributed by atoms with E-state index in [2.05, 4.69) is 91.3 Å². The number of unbranched alkanes of at least 4 members (excludes halogenated alkanes) is 10. The molecular formula is C43H71O8P. The molecule has 9 heteroatoms. The summed E-state index contributed by atoms with van der Waals surface area (Å²) in [5.41, 5.74) is 0. The van der Waals surface area contributed by atoms with Crippen LogP contribution in [0, 0.1) is 0 Å². The molecule has 0 spiro atoms. The van der Waals surface area contributed by atoms with Crippen LogP contribution in [0.5, 0.6) is 0 Å². The Morgan fingerprint density at radius 2 is 1.02 bits per heavy atom. The van der Waals surface area contributed by atoms with Crippen molar-refractivity contribution in [2.45, 2.75) is 155 Å². The predicted molar refractivity (Wildman–Crippen MR) is 216 cm³/mol. The smallest absolute Gasteiger partial charge is 0.462 e. The molecule has 0 aromatic carbocycles. The largest absolute Gasteiger partial charge is 0.472 e. The Kier molecular flexibility index (Phi) is 35.9. The third-order valence-electron chi connectivity index (χ3n) is 7.89. The van der Waals surface area contributed by atoms with Crippen LogP contribution >= 0.6 is 7.82 Å². The van der Waals surface area contributed by atoms with E-state index in [1.807, 2.05) is 12.2 Å². The van der Waals surface area contributed by atoms with Crippen LogP contribution in [0.15, 0.2) is 85.1 Å². The van der Waals surface area contributed by atoms with E-state index in [0.717, 1.165) is 84.2 Å². The van der Waals surface area contributed by atoms with Gasteiger partial charge in [0.2, 0.25) is 0 Å². The van der Waals surface area contributed by atoms with Gasteiger partial charge in [-0.15, -0.1) is 0 Å². The molecule has 0 bridgehead atoms. The van der Waals surface area contributed by atoms with Gasteiger partial charge in [-0.1, -0.05) is 144 Å². The number of ether oxygens (including phenoxy) is 2. The lowest BCUT2D eigenvalue weighted by Crippen LogP contribution is -2.29. The molecule has 0 aromatic rings. The predicted octanol–water partition coefficient (Wildman–Crippen LogP) is 12.3. The van der Waals surface area contributed by atoms with Crippen LogP contribution in [0.2, 0.25) is 0 Å². The minimum absolute atomic E-state index is 0.114. The molecule has 0 aliphatic rings. The summed E-state index contributed by atoms with van der Waals surface area (Å²) in [5, 5.41) is 0. The average Bonchev–Trinajstić information content (AvgIpc) is 3.13. The number of phosphoric acid groups is 1. The number of carbonyl (C=O) groups is 2. The Morgan fingerprint density at radius 1 is 0.558 bits per heavy atom. The number of hydrogen-bond acceptors (Lipinski definition) is 7. The van der Waals surface area contributed by atoms with E-state index in [9.17, 15) is 19.0 Å². The Labute approximate surface area is 316 Å². The summed E-state index contributed by atoms with van der Waals surface area (Å²) in [4.78, 5) is 34.3. The van der Waals surface area contributed by atoms with Crippen molar-refractivity contribution in [2.75, 3.05) is 20.3 Å². The van der Waals surface area contributed by atoms with Crippen LogP contribution < -0.4 is 0 Å². The van der Waals surface area contributed by atoms with E-state index >= 15 is 0 Å². The number of esters is 2. The van der Waals surface area contributed by atoms with Crippen molar-refractivity contribution >= 4 is 19.8 Å². The molecule has 0 aliphatic heterocycles. The van der Waals surface area contributed by atoms with Gasteiger partial charge in [0, 0.05) is 20.0 Å².